The van der Waals surface area contributed by atoms with Crippen molar-refractivity contribution in [3.8, 4) is 0 Å². The highest BCUT2D eigenvalue weighted by Gasteiger charge is 2.32. The minimum Gasteiger partial charge on any atom is -0.384 e. The predicted octanol–water partition coefficient (Wildman–Crippen LogP) is 1.76. The van der Waals surface area contributed by atoms with Crippen molar-refractivity contribution < 1.29 is 18.3 Å². The number of hydrogen-bond acceptors (Lipinski definition) is 4. The standard InChI is InChI=1S/C19H28N2O4S/c1-3-9-21(12-15-4-5-15)26(24,25)18-7-6-16-8-10-20(13-17(16)11-18)19(23)14(2)22/h6-7,11,14-15,22H,3-5,8-10,12-13H2,1-2H3. The molecule has 7 heteroatoms. The second kappa shape index (κ2) is 7.66. The lowest BCUT2D eigenvalue weighted by atomic mass is 9.99. The number of fused-ring (bicyclic) bond motifs is 1. The average molecular weight is 381 g/mol. The Bertz CT molecular complexity index is 772. The fourth-order valence-corrected chi connectivity index (χ4v) is 5.10. The topological polar surface area (TPSA) is 77.9 Å². The lowest BCUT2D eigenvalue weighted by Gasteiger charge is -2.30. The summed E-state index contributed by atoms with van der Waals surface area (Å²) in [6, 6.07) is 5.27. The molecule has 1 saturated carbocycles. The third kappa shape index (κ3) is 4.10. The van der Waals surface area contributed by atoms with Gasteiger partial charge < -0.3 is 10.0 Å². The smallest absolute Gasteiger partial charge is 0.251 e. The number of rotatable bonds is 7. The molecule has 0 saturated heterocycles. The van der Waals surface area contributed by atoms with E-state index in [9.17, 15) is 18.3 Å². The van der Waals surface area contributed by atoms with Crippen LogP contribution in [0.4, 0.5) is 0 Å². The molecule has 0 bridgehead atoms. The van der Waals surface area contributed by atoms with Crippen LogP contribution >= 0.6 is 0 Å². The highest BCUT2D eigenvalue weighted by Crippen LogP contribution is 2.32. The number of hydrogen-bond donors (Lipinski definition) is 1. The maximum atomic E-state index is 13.1. The number of sulfonamides is 1. The van der Waals surface area contributed by atoms with Gasteiger partial charge in [-0.3, -0.25) is 4.79 Å². The molecule has 1 unspecified atom stereocenters. The summed E-state index contributed by atoms with van der Waals surface area (Å²) in [5.41, 5.74) is 1.93. The summed E-state index contributed by atoms with van der Waals surface area (Å²) in [5.74, 6) is 0.179. The minimum absolute atomic E-state index is 0.302. The summed E-state index contributed by atoms with van der Waals surface area (Å²) < 4.78 is 27.8. The second-order valence-electron chi connectivity index (χ2n) is 7.42. The molecule has 2 aliphatic rings. The summed E-state index contributed by atoms with van der Waals surface area (Å²) in [4.78, 5) is 14.0. The van der Waals surface area contributed by atoms with Crippen molar-refractivity contribution in [2.45, 2.75) is 57.1 Å². The first-order chi connectivity index (χ1) is 12.3. The van der Waals surface area contributed by atoms with Gasteiger partial charge in [-0.2, -0.15) is 4.31 Å². The predicted molar refractivity (Wildman–Crippen MR) is 99.0 cm³/mol. The van der Waals surface area contributed by atoms with Crippen LogP contribution in [0, 0.1) is 5.92 Å². The number of nitrogens with zero attached hydrogens (tertiary/aromatic N) is 2. The molecule has 1 heterocycles. The van der Waals surface area contributed by atoms with E-state index >= 15 is 0 Å². The Kier molecular flexibility index (Phi) is 5.69. The van der Waals surface area contributed by atoms with Crippen molar-refractivity contribution in [2.24, 2.45) is 5.92 Å². The quantitative estimate of drug-likeness (QED) is 0.782. The SMILES string of the molecule is CCCN(CC1CC1)S(=O)(=O)c1ccc2c(c1)CN(C(=O)C(C)O)CC2. The molecule has 0 aromatic heterocycles. The maximum absolute atomic E-state index is 13.1. The van der Waals surface area contributed by atoms with Crippen molar-refractivity contribution >= 4 is 15.9 Å². The Morgan fingerprint density at radius 3 is 2.69 bits per heavy atom. The zero-order valence-corrected chi connectivity index (χ0v) is 16.3. The van der Waals surface area contributed by atoms with Crippen LogP contribution in [-0.2, 0) is 27.8 Å². The molecule has 26 heavy (non-hydrogen) atoms. The van der Waals surface area contributed by atoms with E-state index in [0.717, 1.165) is 30.4 Å². The molecule has 6 nitrogen and oxygen atoms in total. The largest absolute Gasteiger partial charge is 0.384 e. The molecule has 1 fully saturated rings. The Balaban J connectivity index is 1.85. The molecule has 1 atom stereocenters. The summed E-state index contributed by atoms with van der Waals surface area (Å²) >= 11 is 0. The van der Waals surface area contributed by atoms with Crippen LogP contribution in [0.3, 0.4) is 0 Å². The van der Waals surface area contributed by atoms with Gasteiger partial charge in [0.25, 0.3) is 5.91 Å². The van der Waals surface area contributed by atoms with E-state index in [0.29, 0.717) is 43.4 Å². The van der Waals surface area contributed by atoms with E-state index in [1.807, 2.05) is 13.0 Å². The van der Waals surface area contributed by atoms with Crippen LogP contribution in [0.2, 0.25) is 0 Å². The van der Waals surface area contributed by atoms with E-state index in [1.54, 1.807) is 21.3 Å². The van der Waals surface area contributed by atoms with Crippen molar-refractivity contribution in [3.63, 3.8) is 0 Å². The fourth-order valence-electron chi connectivity index (χ4n) is 3.44. The number of amides is 1. The molecule has 3 rings (SSSR count). The van der Waals surface area contributed by atoms with Crippen molar-refractivity contribution in [3.05, 3.63) is 29.3 Å². The molecule has 0 radical (unpaired) electrons. The van der Waals surface area contributed by atoms with Gasteiger partial charge in [-0.05, 0) is 61.8 Å². The molecule has 144 valence electrons. The minimum atomic E-state index is -3.53. The van der Waals surface area contributed by atoms with Crippen molar-refractivity contribution in [2.75, 3.05) is 19.6 Å². The monoisotopic (exact) mass is 380 g/mol. The molecular weight excluding hydrogens is 352 g/mol. The summed E-state index contributed by atoms with van der Waals surface area (Å²) in [6.45, 7) is 5.47. The van der Waals surface area contributed by atoms with Crippen LogP contribution in [0.1, 0.15) is 44.2 Å². The van der Waals surface area contributed by atoms with Crippen LogP contribution in [0.5, 0.6) is 0 Å². The molecular formula is C19H28N2O4S. The van der Waals surface area contributed by atoms with Gasteiger partial charge in [0.15, 0.2) is 0 Å². The molecule has 1 aromatic carbocycles. The Morgan fingerprint density at radius 2 is 2.08 bits per heavy atom. The normalized spacial score (nSPS) is 18.7. The third-order valence-corrected chi connectivity index (χ3v) is 6.99. The first kappa shape index (κ1) is 19.3. The molecule has 1 aliphatic carbocycles. The highest BCUT2D eigenvalue weighted by molar-refractivity contribution is 7.89. The van der Waals surface area contributed by atoms with Crippen molar-refractivity contribution in [1.29, 1.82) is 0 Å². The van der Waals surface area contributed by atoms with Gasteiger partial charge in [-0.1, -0.05) is 13.0 Å². The molecule has 0 spiro atoms. The van der Waals surface area contributed by atoms with E-state index in [-0.39, 0.29) is 5.91 Å². The first-order valence-corrected chi connectivity index (χ1v) is 10.9. The van der Waals surface area contributed by atoms with E-state index in [4.69, 9.17) is 0 Å². The van der Waals surface area contributed by atoms with Gasteiger partial charge in [0.05, 0.1) is 4.90 Å². The van der Waals surface area contributed by atoms with Gasteiger partial charge >= 0.3 is 0 Å². The number of aliphatic hydroxyl groups is 1. The maximum Gasteiger partial charge on any atom is 0.251 e. The lowest BCUT2D eigenvalue weighted by Crippen LogP contribution is -2.41. The second-order valence-corrected chi connectivity index (χ2v) is 9.36. The van der Waals surface area contributed by atoms with Gasteiger partial charge in [0.2, 0.25) is 10.0 Å². The van der Waals surface area contributed by atoms with Crippen LogP contribution in [-0.4, -0.2) is 54.4 Å². The number of aliphatic hydroxyl groups excluding tert-OH is 1. The molecule has 1 N–H and O–H groups in total. The Hall–Kier alpha value is -1.44. The average Bonchev–Trinajstić information content (AvgIpc) is 3.43. The lowest BCUT2D eigenvalue weighted by molar-refractivity contribution is -0.140. The zero-order chi connectivity index (χ0) is 18.9. The number of carbonyl (C=O) groups is 1. The van der Waals surface area contributed by atoms with Crippen LogP contribution in [0.25, 0.3) is 0 Å². The van der Waals surface area contributed by atoms with Crippen molar-refractivity contribution in [1.82, 2.24) is 9.21 Å². The van der Waals surface area contributed by atoms with E-state index in [1.165, 1.54) is 6.92 Å². The van der Waals surface area contributed by atoms with E-state index < -0.39 is 16.1 Å². The van der Waals surface area contributed by atoms with Crippen LogP contribution < -0.4 is 0 Å². The summed E-state index contributed by atoms with van der Waals surface area (Å²) in [6.07, 6.45) is 2.64. The fraction of sp³-hybridized carbons (Fsp3) is 0.632. The Morgan fingerprint density at radius 1 is 1.35 bits per heavy atom. The molecule has 1 aliphatic heterocycles. The number of carbonyl (C=O) groups excluding carboxylic acids is 1. The van der Waals surface area contributed by atoms with Gasteiger partial charge in [-0.25, -0.2) is 8.42 Å². The molecule has 1 aromatic rings. The molecule has 1 amide bonds. The Labute approximate surface area is 155 Å². The van der Waals surface area contributed by atoms with Gasteiger partial charge in [-0.15, -0.1) is 0 Å². The van der Waals surface area contributed by atoms with Gasteiger partial charge in [0.1, 0.15) is 6.10 Å². The van der Waals surface area contributed by atoms with Crippen LogP contribution in [0.15, 0.2) is 23.1 Å². The third-order valence-electron chi connectivity index (χ3n) is 5.13. The van der Waals surface area contributed by atoms with Gasteiger partial charge in [0, 0.05) is 26.2 Å². The van der Waals surface area contributed by atoms with E-state index in [2.05, 4.69) is 0 Å². The zero-order valence-electron chi connectivity index (χ0n) is 15.5. The highest BCUT2D eigenvalue weighted by atomic mass is 32.2. The summed E-state index contributed by atoms with van der Waals surface area (Å²) in [7, 11) is -3.53. The summed E-state index contributed by atoms with van der Waals surface area (Å²) in [5, 5.41) is 9.53. The first-order valence-electron chi connectivity index (χ1n) is 9.41. The number of benzene rings is 1.